The number of rotatable bonds is 3. The molecule has 0 aliphatic carbocycles. The minimum Gasteiger partial charge on any atom is -0.507 e. The number of halogens is 1. The highest BCUT2D eigenvalue weighted by atomic mass is 19.1. The van der Waals surface area contributed by atoms with Crippen molar-refractivity contribution in [2.75, 3.05) is 0 Å². The Kier molecular flexibility index (Phi) is 4.50. The maximum Gasteiger partial charge on any atom is 0.412 e. The summed E-state index contributed by atoms with van der Waals surface area (Å²) in [5.74, 6) is -1.19. The molecule has 8 nitrogen and oxygen atoms in total. The molecule has 2 heterocycles. The van der Waals surface area contributed by atoms with E-state index in [-0.39, 0.29) is 28.0 Å². The van der Waals surface area contributed by atoms with Gasteiger partial charge in [0.25, 0.3) is 0 Å². The van der Waals surface area contributed by atoms with Gasteiger partial charge in [-0.25, -0.2) is 14.0 Å². The average Bonchev–Trinajstić information content (AvgIpc) is 3.20. The molecule has 0 unspecified atom stereocenters. The van der Waals surface area contributed by atoms with Gasteiger partial charge in [-0.15, -0.1) is 0 Å². The van der Waals surface area contributed by atoms with Gasteiger partial charge in [-0.05, 0) is 50.2 Å². The van der Waals surface area contributed by atoms with Crippen LogP contribution in [0.5, 0.6) is 5.75 Å². The van der Waals surface area contributed by atoms with Gasteiger partial charge in [0.05, 0.1) is 11.3 Å². The van der Waals surface area contributed by atoms with Crippen LogP contribution in [0.3, 0.4) is 0 Å². The molecule has 2 aromatic carbocycles. The number of nitrogens with zero attached hydrogens (tertiary/aromatic N) is 1. The normalized spacial score (nSPS) is 11.0. The third-order valence-electron chi connectivity index (χ3n) is 4.61. The second-order valence-electron chi connectivity index (χ2n) is 6.59. The fourth-order valence-corrected chi connectivity index (χ4v) is 3.35. The molecule has 0 spiro atoms. The smallest absolute Gasteiger partial charge is 0.412 e. The van der Waals surface area contributed by atoms with Gasteiger partial charge < -0.3 is 24.5 Å². The number of nitrogens with two attached hydrogens (primary N) is 1. The number of esters is 1. The molecule has 1 amide bonds. The topological polar surface area (TPSA) is 129 Å². The van der Waals surface area contributed by atoms with E-state index >= 15 is 0 Å². The largest absolute Gasteiger partial charge is 0.507 e. The van der Waals surface area contributed by atoms with E-state index < -0.39 is 17.9 Å². The van der Waals surface area contributed by atoms with Crippen molar-refractivity contribution < 1.29 is 32.8 Å². The third-order valence-corrected chi connectivity index (χ3v) is 4.61. The summed E-state index contributed by atoms with van der Waals surface area (Å²) in [6.07, 6.45) is -1.30. The number of ether oxygens (including phenoxy) is 1. The van der Waals surface area contributed by atoms with E-state index in [1.165, 1.54) is 36.4 Å². The Labute approximate surface area is 168 Å². The molecular weight excluding hydrogens is 395 g/mol. The van der Waals surface area contributed by atoms with Crippen LogP contribution in [0.1, 0.15) is 21.8 Å². The second-order valence-corrected chi connectivity index (χ2v) is 6.59. The van der Waals surface area contributed by atoms with E-state index in [2.05, 4.69) is 9.89 Å². The van der Waals surface area contributed by atoms with Crippen molar-refractivity contribution in [3.63, 3.8) is 0 Å². The molecule has 3 N–H and O–H groups in total. The molecule has 4 aromatic rings. The maximum atomic E-state index is 13.3. The molecule has 0 saturated heterocycles. The fourth-order valence-electron chi connectivity index (χ4n) is 3.35. The van der Waals surface area contributed by atoms with Crippen LogP contribution in [-0.4, -0.2) is 22.3 Å². The predicted molar refractivity (Wildman–Crippen MR) is 103 cm³/mol. The minimum absolute atomic E-state index is 0.0339. The highest BCUT2D eigenvalue weighted by Gasteiger charge is 2.27. The first kappa shape index (κ1) is 19.2. The van der Waals surface area contributed by atoms with Gasteiger partial charge in [0.2, 0.25) is 0 Å². The quantitative estimate of drug-likeness (QED) is 0.377. The Morgan fingerprint density at radius 1 is 1.17 bits per heavy atom. The van der Waals surface area contributed by atoms with E-state index in [1.54, 1.807) is 13.8 Å². The molecule has 0 radical (unpaired) electrons. The molecule has 2 aromatic heterocycles. The number of fused-ring (bicyclic) bond motifs is 1. The summed E-state index contributed by atoms with van der Waals surface area (Å²) in [4.78, 5) is 23.7. The van der Waals surface area contributed by atoms with Crippen LogP contribution in [0.4, 0.5) is 9.18 Å². The lowest BCUT2D eigenvalue weighted by atomic mass is 9.99. The third kappa shape index (κ3) is 3.16. The fraction of sp³-hybridized carbons (Fsp3) is 0.0952. The molecule has 152 valence electrons. The first-order valence-corrected chi connectivity index (χ1v) is 8.76. The molecular formula is C21H15FN2O6. The van der Waals surface area contributed by atoms with E-state index in [1.807, 2.05) is 0 Å². The van der Waals surface area contributed by atoms with Crippen LogP contribution in [0.2, 0.25) is 0 Å². The zero-order chi connectivity index (χ0) is 21.6. The lowest BCUT2D eigenvalue weighted by Gasteiger charge is -2.05. The van der Waals surface area contributed by atoms with Crippen molar-refractivity contribution >= 4 is 23.0 Å². The Bertz CT molecular complexity index is 1280. The summed E-state index contributed by atoms with van der Waals surface area (Å²) < 4.78 is 28.9. The Morgan fingerprint density at radius 3 is 2.47 bits per heavy atom. The Balaban J connectivity index is 1.99. The summed E-state index contributed by atoms with van der Waals surface area (Å²) >= 11 is 0. The van der Waals surface area contributed by atoms with Crippen LogP contribution >= 0.6 is 0 Å². The first-order chi connectivity index (χ1) is 14.3. The van der Waals surface area contributed by atoms with Crippen molar-refractivity contribution in [3.8, 4) is 28.2 Å². The number of hydrogen-bond acceptors (Lipinski definition) is 7. The van der Waals surface area contributed by atoms with E-state index in [0.717, 1.165) is 0 Å². The van der Waals surface area contributed by atoms with Crippen molar-refractivity contribution in [1.29, 1.82) is 0 Å². The Hall–Kier alpha value is -4.14. The van der Waals surface area contributed by atoms with Gasteiger partial charge >= 0.3 is 12.1 Å². The Morgan fingerprint density at radius 2 is 1.87 bits per heavy atom. The summed E-state index contributed by atoms with van der Waals surface area (Å²) in [6.45, 7) is 3.41. The number of aryl methyl sites for hydroxylation is 2. The molecule has 0 saturated carbocycles. The average molecular weight is 410 g/mol. The number of aromatic hydroxyl groups is 1. The van der Waals surface area contributed by atoms with Gasteiger partial charge in [0.15, 0.2) is 0 Å². The summed E-state index contributed by atoms with van der Waals surface area (Å²) in [7, 11) is 0. The number of primary amides is 1. The van der Waals surface area contributed by atoms with E-state index in [9.17, 15) is 19.1 Å². The van der Waals surface area contributed by atoms with Crippen LogP contribution in [0.15, 0.2) is 45.3 Å². The van der Waals surface area contributed by atoms with E-state index in [4.69, 9.17) is 14.7 Å². The number of benzene rings is 2. The zero-order valence-electron chi connectivity index (χ0n) is 15.9. The van der Waals surface area contributed by atoms with Crippen molar-refractivity contribution in [2.24, 2.45) is 5.73 Å². The number of amides is 1. The zero-order valence-corrected chi connectivity index (χ0v) is 15.9. The monoisotopic (exact) mass is 410 g/mol. The summed E-state index contributed by atoms with van der Waals surface area (Å²) in [6, 6.07) is 8.03. The second kappa shape index (κ2) is 7.03. The minimum atomic E-state index is -1.30. The van der Waals surface area contributed by atoms with Gasteiger partial charge in [0.1, 0.15) is 34.2 Å². The first-order valence-electron chi connectivity index (χ1n) is 8.76. The molecule has 0 aliphatic rings. The van der Waals surface area contributed by atoms with Crippen LogP contribution < -0.4 is 5.73 Å². The van der Waals surface area contributed by atoms with Crippen molar-refractivity contribution in [2.45, 2.75) is 13.8 Å². The summed E-state index contributed by atoms with van der Waals surface area (Å²) in [5, 5.41) is 14.7. The SMILES string of the molecule is Cc1noc(C)c1-c1cc2oc(-c3ccc(F)cc3)c(C(=O)OC(N)=O)c2cc1O. The molecule has 30 heavy (non-hydrogen) atoms. The van der Waals surface area contributed by atoms with Gasteiger partial charge in [0, 0.05) is 16.5 Å². The number of furan rings is 1. The number of hydrogen-bond donors (Lipinski definition) is 2. The summed E-state index contributed by atoms with van der Waals surface area (Å²) in [5.41, 5.74) is 6.95. The lowest BCUT2D eigenvalue weighted by Crippen LogP contribution is -2.18. The standard InChI is InChI=1S/C21H15FN2O6/c1-9-17(10(2)30-24-9)13-8-16-14(7-15(13)25)18(20(26)29-21(23)27)19(28-16)11-3-5-12(22)6-4-11/h3-8,25H,1-2H3,(H2,23,27). The number of carbonyl (C=O) groups excluding carboxylic acids is 2. The number of phenols is 1. The van der Waals surface area contributed by atoms with Crippen LogP contribution in [-0.2, 0) is 4.74 Å². The molecule has 0 atom stereocenters. The predicted octanol–water partition coefficient (Wildman–Crippen LogP) is 4.45. The lowest BCUT2D eigenvalue weighted by molar-refractivity contribution is 0.0640. The molecule has 0 bridgehead atoms. The molecule has 0 aliphatic heterocycles. The van der Waals surface area contributed by atoms with Crippen LogP contribution in [0, 0.1) is 19.7 Å². The van der Waals surface area contributed by atoms with E-state index in [0.29, 0.717) is 28.1 Å². The number of phenolic OH excluding ortho intramolecular Hbond substituents is 1. The van der Waals surface area contributed by atoms with Gasteiger partial charge in [-0.1, -0.05) is 5.16 Å². The number of aromatic nitrogens is 1. The maximum absolute atomic E-state index is 13.3. The highest BCUT2D eigenvalue weighted by Crippen LogP contribution is 2.41. The highest BCUT2D eigenvalue weighted by molar-refractivity contribution is 6.12. The number of carbonyl (C=O) groups is 2. The molecule has 4 rings (SSSR count). The van der Waals surface area contributed by atoms with Crippen molar-refractivity contribution in [1.82, 2.24) is 5.16 Å². The van der Waals surface area contributed by atoms with Gasteiger partial charge in [-0.2, -0.15) is 0 Å². The molecule has 0 fully saturated rings. The molecule has 9 heteroatoms. The van der Waals surface area contributed by atoms with Crippen LogP contribution in [0.25, 0.3) is 33.4 Å². The van der Waals surface area contributed by atoms with Gasteiger partial charge in [-0.3, -0.25) is 0 Å². The van der Waals surface area contributed by atoms with Crippen molar-refractivity contribution in [3.05, 3.63) is 59.2 Å².